The molecule has 0 bridgehead atoms. The lowest BCUT2D eigenvalue weighted by Gasteiger charge is -2.29. The van der Waals surface area contributed by atoms with Crippen molar-refractivity contribution in [3.63, 3.8) is 0 Å². The van der Waals surface area contributed by atoms with Crippen LogP contribution < -0.4 is 4.72 Å². The average molecular weight is 389 g/mol. The normalized spacial score (nSPS) is 12.9. The molecule has 2 rings (SSSR count). The molecule has 1 atom stereocenters. The second-order valence-corrected chi connectivity index (χ2v) is 9.08. The van der Waals surface area contributed by atoms with Crippen LogP contribution in [0.2, 0.25) is 0 Å². The van der Waals surface area contributed by atoms with Gasteiger partial charge in [0.1, 0.15) is 4.21 Å². The van der Waals surface area contributed by atoms with E-state index < -0.39 is 10.0 Å². The summed E-state index contributed by atoms with van der Waals surface area (Å²) >= 11 is 2.61. The molecule has 0 aliphatic heterocycles. The Kier molecular flexibility index (Phi) is 6.93. The maximum absolute atomic E-state index is 12.5. The number of rotatable bonds is 9. The number of hydrogen-bond donors (Lipinski definition) is 2. The van der Waals surface area contributed by atoms with Gasteiger partial charge < -0.3 is 10.0 Å². The zero-order valence-corrected chi connectivity index (χ0v) is 15.7. The van der Waals surface area contributed by atoms with Crippen LogP contribution in [0.25, 0.3) is 0 Å². The summed E-state index contributed by atoms with van der Waals surface area (Å²) in [5.41, 5.74) is 0. The maximum Gasteiger partial charge on any atom is 0.250 e. The Hall–Kier alpha value is -1.26. The highest BCUT2D eigenvalue weighted by atomic mass is 32.2. The molecule has 2 heterocycles. The Morgan fingerprint density at radius 3 is 2.54 bits per heavy atom. The molecule has 6 nitrogen and oxygen atoms in total. The number of hydrogen-bond acceptors (Lipinski definition) is 6. The molecular weight excluding hydrogens is 368 g/mol. The lowest BCUT2D eigenvalue weighted by molar-refractivity contribution is -0.134. The third-order valence-electron chi connectivity index (χ3n) is 3.52. The maximum atomic E-state index is 12.5. The molecule has 0 aliphatic carbocycles. The number of carbonyl (C=O) groups excluding carboxylic acids is 1. The van der Waals surface area contributed by atoms with E-state index in [1.165, 1.54) is 22.3 Å². The van der Waals surface area contributed by atoms with Gasteiger partial charge in [-0.2, -0.15) is 0 Å². The molecule has 2 N–H and O–H groups in total. The van der Waals surface area contributed by atoms with Crippen LogP contribution in [-0.4, -0.2) is 43.5 Å². The second kappa shape index (κ2) is 8.72. The van der Waals surface area contributed by atoms with E-state index in [4.69, 9.17) is 0 Å². The van der Waals surface area contributed by atoms with E-state index in [0.717, 1.165) is 16.2 Å². The van der Waals surface area contributed by atoms with Gasteiger partial charge in [0.15, 0.2) is 0 Å². The van der Waals surface area contributed by atoms with Gasteiger partial charge in [-0.25, -0.2) is 13.1 Å². The molecule has 0 radical (unpaired) electrons. The van der Waals surface area contributed by atoms with Gasteiger partial charge in [-0.05, 0) is 29.3 Å². The van der Waals surface area contributed by atoms with E-state index in [2.05, 4.69) is 4.72 Å². The number of nitrogens with one attached hydrogen (secondary N) is 1. The Morgan fingerprint density at radius 1 is 1.29 bits per heavy atom. The van der Waals surface area contributed by atoms with Gasteiger partial charge in [-0.3, -0.25) is 4.79 Å². The molecule has 132 valence electrons. The zero-order valence-electron chi connectivity index (χ0n) is 13.2. The summed E-state index contributed by atoms with van der Waals surface area (Å²) in [6.45, 7) is 1.75. The van der Waals surface area contributed by atoms with Crippen LogP contribution in [0.15, 0.2) is 39.2 Å². The highest BCUT2D eigenvalue weighted by molar-refractivity contribution is 7.91. The summed E-state index contributed by atoms with van der Waals surface area (Å²) in [6.07, 6.45) is 0.589. The van der Waals surface area contributed by atoms with Gasteiger partial charge in [0.05, 0.1) is 25.7 Å². The SMILES string of the molecule is CC[C@@H](CO)N(Cc1cccs1)C(=O)CNS(=O)(=O)c1cccs1. The highest BCUT2D eigenvalue weighted by Crippen LogP contribution is 2.17. The third-order valence-corrected chi connectivity index (χ3v) is 7.18. The van der Waals surface area contributed by atoms with Crippen LogP contribution >= 0.6 is 22.7 Å². The van der Waals surface area contributed by atoms with Crippen LogP contribution in [-0.2, 0) is 21.4 Å². The van der Waals surface area contributed by atoms with Crippen molar-refractivity contribution in [2.75, 3.05) is 13.2 Å². The van der Waals surface area contributed by atoms with E-state index in [1.54, 1.807) is 11.4 Å². The number of nitrogens with zero attached hydrogens (tertiary/aromatic N) is 1. The van der Waals surface area contributed by atoms with Gasteiger partial charge in [0, 0.05) is 4.88 Å². The van der Waals surface area contributed by atoms with Crippen molar-refractivity contribution >= 4 is 38.6 Å². The van der Waals surface area contributed by atoms with Crippen LogP contribution in [0, 0.1) is 0 Å². The van der Waals surface area contributed by atoms with Crippen molar-refractivity contribution in [3.8, 4) is 0 Å². The van der Waals surface area contributed by atoms with Crippen molar-refractivity contribution in [3.05, 3.63) is 39.9 Å². The van der Waals surface area contributed by atoms with E-state index in [-0.39, 0.29) is 29.3 Å². The summed E-state index contributed by atoms with van der Waals surface area (Å²) in [7, 11) is -3.69. The van der Waals surface area contributed by atoms with Crippen molar-refractivity contribution in [1.82, 2.24) is 9.62 Å². The predicted molar refractivity (Wildman–Crippen MR) is 95.5 cm³/mol. The van der Waals surface area contributed by atoms with E-state index in [1.807, 2.05) is 24.4 Å². The molecule has 2 aromatic rings. The predicted octanol–water partition coefficient (Wildman–Crippen LogP) is 1.89. The van der Waals surface area contributed by atoms with Gasteiger partial charge in [-0.1, -0.05) is 19.1 Å². The first kappa shape index (κ1) is 19.1. The van der Waals surface area contributed by atoms with Gasteiger partial charge >= 0.3 is 0 Å². The highest BCUT2D eigenvalue weighted by Gasteiger charge is 2.24. The Balaban J connectivity index is 2.07. The number of thiophene rings is 2. The van der Waals surface area contributed by atoms with Crippen LogP contribution in [0.1, 0.15) is 18.2 Å². The monoisotopic (exact) mass is 388 g/mol. The van der Waals surface area contributed by atoms with Crippen LogP contribution in [0.4, 0.5) is 0 Å². The van der Waals surface area contributed by atoms with Gasteiger partial charge in [0.25, 0.3) is 10.0 Å². The summed E-state index contributed by atoms with van der Waals surface area (Å²) < 4.78 is 26.8. The van der Waals surface area contributed by atoms with Gasteiger partial charge in [-0.15, -0.1) is 22.7 Å². The number of aliphatic hydroxyl groups excluding tert-OH is 1. The molecule has 0 saturated carbocycles. The first-order chi connectivity index (χ1) is 11.5. The summed E-state index contributed by atoms with van der Waals surface area (Å²) in [4.78, 5) is 15.1. The molecule has 24 heavy (non-hydrogen) atoms. The summed E-state index contributed by atoms with van der Waals surface area (Å²) in [5, 5.41) is 13.1. The lowest BCUT2D eigenvalue weighted by atomic mass is 10.2. The topological polar surface area (TPSA) is 86.7 Å². The smallest absolute Gasteiger partial charge is 0.250 e. The average Bonchev–Trinajstić information content (AvgIpc) is 3.26. The fraction of sp³-hybridized carbons (Fsp3) is 0.400. The van der Waals surface area contributed by atoms with Crippen molar-refractivity contribution in [2.45, 2.75) is 30.1 Å². The fourth-order valence-corrected chi connectivity index (χ4v) is 4.90. The number of amides is 1. The van der Waals surface area contributed by atoms with Crippen molar-refractivity contribution < 1.29 is 18.3 Å². The molecule has 0 saturated heterocycles. The van der Waals surface area contributed by atoms with Gasteiger partial charge in [0.2, 0.25) is 5.91 Å². The molecule has 1 amide bonds. The first-order valence-electron chi connectivity index (χ1n) is 7.43. The fourth-order valence-electron chi connectivity index (χ4n) is 2.19. The third kappa shape index (κ3) is 4.87. The molecule has 2 aromatic heterocycles. The molecule has 0 aliphatic rings. The largest absolute Gasteiger partial charge is 0.394 e. The Labute approximate surface area is 149 Å². The molecule has 9 heteroatoms. The number of sulfonamides is 1. The minimum absolute atomic E-state index is 0.161. The first-order valence-corrected chi connectivity index (χ1v) is 10.7. The van der Waals surface area contributed by atoms with E-state index in [0.29, 0.717) is 13.0 Å². The summed E-state index contributed by atoms with van der Waals surface area (Å²) in [6, 6.07) is 6.59. The molecule has 0 spiro atoms. The quantitative estimate of drug-likeness (QED) is 0.687. The minimum Gasteiger partial charge on any atom is -0.394 e. The number of aliphatic hydroxyl groups is 1. The van der Waals surface area contributed by atoms with Crippen molar-refractivity contribution in [2.24, 2.45) is 0 Å². The zero-order chi connectivity index (χ0) is 17.6. The Morgan fingerprint density at radius 2 is 2.00 bits per heavy atom. The van der Waals surface area contributed by atoms with E-state index >= 15 is 0 Å². The minimum atomic E-state index is -3.69. The molecule has 0 unspecified atom stereocenters. The lowest BCUT2D eigenvalue weighted by Crippen LogP contribution is -2.46. The van der Waals surface area contributed by atoms with Crippen molar-refractivity contribution in [1.29, 1.82) is 0 Å². The Bertz CT molecular complexity index is 723. The molecular formula is C15H20N2O4S3. The number of carbonyl (C=O) groups is 1. The van der Waals surface area contributed by atoms with Crippen LogP contribution in [0.5, 0.6) is 0 Å². The summed E-state index contributed by atoms with van der Waals surface area (Å²) in [5.74, 6) is -0.357. The van der Waals surface area contributed by atoms with E-state index in [9.17, 15) is 18.3 Å². The van der Waals surface area contributed by atoms with Crippen LogP contribution in [0.3, 0.4) is 0 Å². The second-order valence-electron chi connectivity index (χ2n) is 5.10. The molecule has 0 aromatic carbocycles. The standard InChI is InChI=1S/C15H20N2O4S3/c1-2-12(11-18)17(10-13-5-3-7-22-13)14(19)9-16-24(20,21)15-6-4-8-23-15/h3-8,12,16,18H,2,9-11H2,1H3/t12-/m0/s1. The molecule has 0 fully saturated rings.